The van der Waals surface area contributed by atoms with Gasteiger partial charge >= 0.3 is 0 Å². The minimum Gasteiger partial charge on any atom is -0.392 e. The maximum absolute atomic E-state index is 10.3. The number of allylic oxidation sites excluding steroid dienone is 2. The van der Waals surface area contributed by atoms with Crippen LogP contribution in [0.4, 0.5) is 0 Å². The van der Waals surface area contributed by atoms with Crippen LogP contribution in [0.1, 0.15) is 46.5 Å². The molecule has 1 nitrogen and oxygen atoms in total. The van der Waals surface area contributed by atoms with Crippen molar-refractivity contribution >= 4 is 0 Å². The van der Waals surface area contributed by atoms with Crippen LogP contribution in [0.25, 0.3) is 0 Å². The minimum atomic E-state index is -0.164. The van der Waals surface area contributed by atoms with E-state index >= 15 is 0 Å². The molecule has 0 saturated heterocycles. The minimum absolute atomic E-state index is 0.0408. The van der Waals surface area contributed by atoms with E-state index in [4.69, 9.17) is 0 Å². The lowest BCUT2D eigenvalue weighted by atomic mass is 9.62. The van der Waals surface area contributed by atoms with Crippen LogP contribution in [0, 0.1) is 17.3 Å². The fourth-order valence-electron chi connectivity index (χ4n) is 2.95. The lowest BCUT2D eigenvalue weighted by Crippen LogP contribution is -2.44. The van der Waals surface area contributed by atoms with Gasteiger partial charge in [0.15, 0.2) is 0 Å². The molecule has 1 aliphatic rings. The van der Waals surface area contributed by atoms with Crippen molar-refractivity contribution in [2.75, 3.05) is 0 Å². The first kappa shape index (κ1) is 13.5. The van der Waals surface area contributed by atoms with E-state index in [1.165, 1.54) is 6.42 Å². The highest BCUT2D eigenvalue weighted by molar-refractivity contribution is 5.11. The molecule has 1 aliphatic carbocycles. The van der Waals surface area contributed by atoms with Crippen LogP contribution >= 0.6 is 0 Å². The molecule has 1 N–H and O–H groups in total. The summed E-state index contributed by atoms with van der Waals surface area (Å²) in [4.78, 5) is 0. The normalized spacial score (nSPS) is 33.4. The zero-order valence-electron chi connectivity index (χ0n) is 11.0. The van der Waals surface area contributed by atoms with Crippen molar-refractivity contribution in [1.29, 1.82) is 0 Å². The largest absolute Gasteiger partial charge is 0.392 e. The Labute approximate surface area is 100 Å². The molecule has 1 saturated carbocycles. The van der Waals surface area contributed by atoms with Gasteiger partial charge in [-0.15, -0.1) is 0 Å². The molecular weight excluding hydrogens is 196 g/mol. The first-order valence-corrected chi connectivity index (χ1v) is 6.38. The summed E-state index contributed by atoms with van der Waals surface area (Å²) >= 11 is 0. The van der Waals surface area contributed by atoms with Gasteiger partial charge in [0.25, 0.3) is 0 Å². The molecular formula is C15H26O. The van der Waals surface area contributed by atoms with Gasteiger partial charge in [-0.2, -0.15) is 0 Å². The average Bonchev–Trinajstić information content (AvgIpc) is 2.24. The highest BCUT2D eigenvalue weighted by Gasteiger charge is 2.42. The van der Waals surface area contributed by atoms with E-state index in [1.54, 1.807) is 0 Å². The van der Waals surface area contributed by atoms with E-state index in [-0.39, 0.29) is 11.5 Å². The van der Waals surface area contributed by atoms with Crippen molar-refractivity contribution in [2.45, 2.75) is 52.6 Å². The molecule has 1 fully saturated rings. The fourth-order valence-corrected chi connectivity index (χ4v) is 2.95. The molecule has 0 aromatic carbocycles. The number of hydrogen-bond acceptors (Lipinski definition) is 1. The van der Waals surface area contributed by atoms with E-state index in [0.29, 0.717) is 11.8 Å². The summed E-state index contributed by atoms with van der Waals surface area (Å²) in [5, 5.41) is 10.3. The molecule has 1 heteroatoms. The van der Waals surface area contributed by atoms with E-state index in [2.05, 4.69) is 33.9 Å². The standard InChI is InChI=1S/C15H26O/c1-6-11(2)7-9-13-10-8-12(3)14(16)15(13,4)5/h6,12-14,16H,1-2,7-10H2,3-5H3/t12?,13-,14-/m1/s1. The van der Waals surface area contributed by atoms with Crippen molar-refractivity contribution in [2.24, 2.45) is 17.3 Å². The van der Waals surface area contributed by atoms with E-state index in [1.807, 2.05) is 6.08 Å². The Hall–Kier alpha value is -0.560. The Morgan fingerprint density at radius 1 is 1.44 bits per heavy atom. The van der Waals surface area contributed by atoms with Crippen molar-refractivity contribution in [1.82, 2.24) is 0 Å². The summed E-state index contributed by atoms with van der Waals surface area (Å²) in [5.41, 5.74) is 1.16. The molecule has 92 valence electrons. The summed E-state index contributed by atoms with van der Waals surface area (Å²) < 4.78 is 0. The highest BCUT2D eigenvalue weighted by atomic mass is 16.3. The second-order valence-electron chi connectivity index (χ2n) is 5.92. The van der Waals surface area contributed by atoms with Gasteiger partial charge in [-0.25, -0.2) is 0 Å². The third-order valence-corrected chi connectivity index (χ3v) is 4.43. The van der Waals surface area contributed by atoms with Gasteiger partial charge in [-0.3, -0.25) is 0 Å². The molecule has 0 aliphatic heterocycles. The van der Waals surface area contributed by atoms with Crippen LogP contribution in [0.5, 0.6) is 0 Å². The van der Waals surface area contributed by atoms with Crippen molar-refractivity contribution in [3.05, 3.63) is 24.8 Å². The third-order valence-electron chi connectivity index (χ3n) is 4.43. The molecule has 3 atom stereocenters. The molecule has 0 bridgehead atoms. The SMILES string of the molecule is C=CC(=C)CC[C@@H]1CCC(C)[C@@H](O)C1(C)C. The maximum Gasteiger partial charge on any atom is 0.0619 e. The Balaban J connectivity index is 2.60. The molecule has 1 unspecified atom stereocenters. The van der Waals surface area contributed by atoms with Gasteiger partial charge in [0.05, 0.1) is 6.10 Å². The Kier molecular flexibility index (Phi) is 4.37. The first-order chi connectivity index (χ1) is 7.39. The Bertz CT molecular complexity index is 265. The summed E-state index contributed by atoms with van der Waals surface area (Å²) in [7, 11) is 0. The average molecular weight is 222 g/mol. The van der Waals surface area contributed by atoms with Crippen LogP contribution < -0.4 is 0 Å². The molecule has 0 aromatic rings. The molecule has 0 amide bonds. The van der Waals surface area contributed by atoms with E-state index in [0.717, 1.165) is 24.8 Å². The molecule has 0 radical (unpaired) electrons. The molecule has 0 heterocycles. The predicted octanol–water partition coefficient (Wildman–Crippen LogP) is 3.94. The van der Waals surface area contributed by atoms with Crippen LogP contribution in [-0.4, -0.2) is 11.2 Å². The quantitative estimate of drug-likeness (QED) is 0.714. The molecule has 0 aromatic heterocycles. The third kappa shape index (κ3) is 2.76. The zero-order chi connectivity index (χ0) is 12.3. The number of aliphatic hydroxyl groups is 1. The van der Waals surface area contributed by atoms with Gasteiger partial charge in [-0.1, -0.05) is 45.6 Å². The fraction of sp³-hybridized carbons (Fsp3) is 0.733. The topological polar surface area (TPSA) is 20.2 Å². The summed E-state index contributed by atoms with van der Waals surface area (Å²) in [6, 6.07) is 0. The van der Waals surface area contributed by atoms with Gasteiger partial charge in [0.2, 0.25) is 0 Å². The van der Waals surface area contributed by atoms with E-state index < -0.39 is 0 Å². The van der Waals surface area contributed by atoms with Gasteiger partial charge < -0.3 is 5.11 Å². The van der Waals surface area contributed by atoms with Crippen LogP contribution in [0.15, 0.2) is 24.8 Å². The molecule has 1 rings (SSSR count). The second-order valence-corrected chi connectivity index (χ2v) is 5.92. The molecule has 16 heavy (non-hydrogen) atoms. The summed E-state index contributed by atoms with van der Waals surface area (Å²) in [6.45, 7) is 14.3. The number of aliphatic hydroxyl groups excluding tert-OH is 1. The summed E-state index contributed by atoms with van der Waals surface area (Å²) in [6.07, 6.45) is 6.20. The first-order valence-electron chi connectivity index (χ1n) is 6.38. The monoisotopic (exact) mass is 222 g/mol. The van der Waals surface area contributed by atoms with Crippen LogP contribution in [0.3, 0.4) is 0 Å². The van der Waals surface area contributed by atoms with Crippen LogP contribution in [-0.2, 0) is 0 Å². The predicted molar refractivity (Wildman–Crippen MR) is 70.2 cm³/mol. The van der Waals surface area contributed by atoms with Crippen molar-refractivity contribution in [3.63, 3.8) is 0 Å². The number of hydrogen-bond donors (Lipinski definition) is 1. The lowest BCUT2D eigenvalue weighted by Gasteiger charge is -2.46. The van der Waals surface area contributed by atoms with Crippen molar-refractivity contribution < 1.29 is 5.11 Å². The highest BCUT2D eigenvalue weighted by Crippen LogP contribution is 2.45. The van der Waals surface area contributed by atoms with E-state index in [9.17, 15) is 5.11 Å². The maximum atomic E-state index is 10.3. The van der Waals surface area contributed by atoms with Crippen molar-refractivity contribution in [3.8, 4) is 0 Å². The van der Waals surface area contributed by atoms with Crippen LogP contribution in [0.2, 0.25) is 0 Å². The smallest absolute Gasteiger partial charge is 0.0619 e. The molecule has 0 spiro atoms. The summed E-state index contributed by atoms with van der Waals surface area (Å²) in [5.74, 6) is 1.05. The Morgan fingerprint density at radius 3 is 2.62 bits per heavy atom. The van der Waals surface area contributed by atoms with Gasteiger partial charge in [0.1, 0.15) is 0 Å². The van der Waals surface area contributed by atoms with Gasteiger partial charge in [0, 0.05) is 0 Å². The number of rotatable bonds is 4. The zero-order valence-corrected chi connectivity index (χ0v) is 11.0. The lowest BCUT2D eigenvalue weighted by molar-refractivity contribution is -0.0656. The second kappa shape index (κ2) is 5.18. The van der Waals surface area contributed by atoms with Gasteiger partial charge in [-0.05, 0) is 42.9 Å². The Morgan fingerprint density at radius 2 is 2.06 bits per heavy atom.